The molecule has 5 rings (SSSR count). The molecule has 3 aliphatic heterocycles. The first-order valence-corrected chi connectivity index (χ1v) is 12.8. The summed E-state index contributed by atoms with van der Waals surface area (Å²) in [6, 6.07) is 16.6. The third-order valence-electron chi connectivity index (χ3n) is 7.65. The average molecular weight is 477 g/mol. The molecule has 0 atom stereocenters. The van der Waals surface area contributed by atoms with Gasteiger partial charge in [0.15, 0.2) is 0 Å². The van der Waals surface area contributed by atoms with Crippen molar-refractivity contribution in [2.45, 2.75) is 70.2 Å². The molecule has 0 N–H and O–H groups in total. The molecule has 0 aliphatic carbocycles. The van der Waals surface area contributed by atoms with Crippen molar-refractivity contribution in [2.24, 2.45) is 0 Å². The average Bonchev–Trinajstić information content (AvgIpc) is 3.21. The van der Waals surface area contributed by atoms with Crippen LogP contribution in [0.2, 0.25) is 0 Å². The highest BCUT2D eigenvalue weighted by Gasteiger charge is 2.43. The van der Waals surface area contributed by atoms with Gasteiger partial charge in [-0.2, -0.15) is 0 Å². The standard InChI is InChI=1S/C29H36N2O4/c1-28(2,3)35-27(33)31-16-12-22(13-17-31)21-8-10-23(11-9-21)26(32)30-18-14-29(15-19-30)25-7-5-4-6-24(25)20-34-29/h4-11,22H,12-20H2,1-3H3. The fourth-order valence-corrected chi connectivity index (χ4v) is 5.67. The molecule has 2 aromatic carbocycles. The number of amides is 2. The fourth-order valence-electron chi connectivity index (χ4n) is 5.67. The van der Waals surface area contributed by atoms with E-state index in [0.717, 1.165) is 31.2 Å². The Hall–Kier alpha value is -2.86. The normalized spacial score (nSPS) is 20.1. The highest BCUT2D eigenvalue weighted by molar-refractivity contribution is 5.94. The molecule has 2 saturated heterocycles. The highest BCUT2D eigenvalue weighted by atomic mass is 16.6. The van der Waals surface area contributed by atoms with Gasteiger partial charge >= 0.3 is 6.09 Å². The van der Waals surface area contributed by atoms with E-state index < -0.39 is 5.60 Å². The van der Waals surface area contributed by atoms with E-state index in [-0.39, 0.29) is 17.6 Å². The molecule has 2 fully saturated rings. The Bertz CT molecular complexity index is 1070. The molecule has 0 aromatic heterocycles. The minimum atomic E-state index is -0.472. The van der Waals surface area contributed by atoms with Gasteiger partial charge in [0.1, 0.15) is 5.60 Å². The molecule has 2 amide bonds. The molecular formula is C29H36N2O4. The van der Waals surface area contributed by atoms with Crippen molar-refractivity contribution < 1.29 is 19.1 Å². The van der Waals surface area contributed by atoms with Crippen LogP contribution in [0.25, 0.3) is 0 Å². The Morgan fingerprint density at radius 2 is 1.57 bits per heavy atom. The summed E-state index contributed by atoms with van der Waals surface area (Å²) in [7, 11) is 0. The van der Waals surface area contributed by atoms with E-state index in [0.29, 0.717) is 38.7 Å². The minimum absolute atomic E-state index is 0.0948. The Labute approximate surface area is 208 Å². The quantitative estimate of drug-likeness (QED) is 0.577. The summed E-state index contributed by atoms with van der Waals surface area (Å²) in [5.74, 6) is 0.490. The van der Waals surface area contributed by atoms with Gasteiger partial charge in [0.2, 0.25) is 0 Å². The number of benzene rings is 2. The maximum absolute atomic E-state index is 13.2. The molecule has 0 radical (unpaired) electrons. The SMILES string of the molecule is CC(C)(C)OC(=O)N1CCC(c2ccc(C(=O)N3CCC4(CC3)OCc3ccccc34)cc2)CC1. The van der Waals surface area contributed by atoms with Crippen LogP contribution in [-0.2, 0) is 21.7 Å². The zero-order valence-electron chi connectivity index (χ0n) is 21.1. The number of likely N-dealkylation sites (tertiary alicyclic amines) is 2. The van der Waals surface area contributed by atoms with Crippen LogP contribution < -0.4 is 0 Å². The summed E-state index contributed by atoms with van der Waals surface area (Å²) >= 11 is 0. The number of rotatable bonds is 2. The topological polar surface area (TPSA) is 59.1 Å². The molecule has 3 heterocycles. The molecule has 6 nitrogen and oxygen atoms in total. The zero-order valence-corrected chi connectivity index (χ0v) is 21.1. The van der Waals surface area contributed by atoms with Crippen LogP contribution in [0.15, 0.2) is 48.5 Å². The first-order valence-electron chi connectivity index (χ1n) is 12.8. The minimum Gasteiger partial charge on any atom is -0.444 e. The smallest absolute Gasteiger partial charge is 0.410 e. The van der Waals surface area contributed by atoms with Crippen molar-refractivity contribution in [3.05, 3.63) is 70.8 Å². The van der Waals surface area contributed by atoms with Crippen molar-refractivity contribution >= 4 is 12.0 Å². The summed E-state index contributed by atoms with van der Waals surface area (Å²) in [5, 5.41) is 0. The predicted octanol–water partition coefficient (Wildman–Crippen LogP) is 5.46. The van der Waals surface area contributed by atoms with Crippen LogP contribution in [0.3, 0.4) is 0 Å². The fraction of sp³-hybridized carbons (Fsp3) is 0.517. The molecule has 0 saturated carbocycles. The summed E-state index contributed by atoms with van der Waals surface area (Å²) < 4.78 is 11.7. The second-order valence-corrected chi connectivity index (χ2v) is 11.1. The number of carbonyl (C=O) groups excluding carboxylic acids is 2. The van der Waals surface area contributed by atoms with Gasteiger partial charge in [-0.15, -0.1) is 0 Å². The van der Waals surface area contributed by atoms with Crippen LogP contribution in [-0.4, -0.2) is 53.6 Å². The molecule has 0 bridgehead atoms. The molecule has 186 valence electrons. The Balaban J connectivity index is 1.15. The van der Waals surface area contributed by atoms with E-state index in [1.807, 2.05) is 37.8 Å². The first kappa shape index (κ1) is 23.9. The van der Waals surface area contributed by atoms with E-state index >= 15 is 0 Å². The second kappa shape index (κ2) is 9.30. The monoisotopic (exact) mass is 476 g/mol. The van der Waals surface area contributed by atoms with Gasteiger partial charge in [-0.25, -0.2) is 4.79 Å². The third-order valence-corrected chi connectivity index (χ3v) is 7.65. The van der Waals surface area contributed by atoms with Crippen LogP contribution in [0.5, 0.6) is 0 Å². The first-order chi connectivity index (χ1) is 16.7. The Morgan fingerprint density at radius 1 is 0.914 bits per heavy atom. The molecule has 3 aliphatic rings. The molecule has 1 spiro atoms. The summed E-state index contributed by atoms with van der Waals surface area (Å²) in [6.07, 6.45) is 3.25. The number of hydrogen-bond acceptors (Lipinski definition) is 4. The molecule has 35 heavy (non-hydrogen) atoms. The van der Waals surface area contributed by atoms with Crippen molar-refractivity contribution in [1.29, 1.82) is 0 Å². The van der Waals surface area contributed by atoms with E-state index in [4.69, 9.17) is 9.47 Å². The van der Waals surface area contributed by atoms with Gasteiger partial charge in [0.05, 0.1) is 12.2 Å². The molecule has 0 unspecified atom stereocenters. The van der Waals surface area contributed by atoms with Gasteiger partial charge < -0.3 is 19.3 Å². The lowest BCUT2D eigenvalue weighted by atomic mass is 9.83. The molecule has 6 heteroatoms. The van der Waals surface area contributed by atoms with E-state index in [9.17, 15) is 9.59 Å². The van der Waals surface area contributed by atoms with Gasteiger partial charge in [-0.3, -0.25) is 4.79 Å². The zero-order chi connectivity index (χ0) is 24.6. The van der Waals surface area contributed by atoms with Crippen molar-refractivity contribution in [1.82, 2.24) is 9.80 Å². The summed E-state index contributed by atoms with van der Waals surface area (Å²) in [5.41, 5.74) is 3.85. The molecule has 2 aromatic rings. The van der Waals surface area contributed by atoms with Gasteiger partial charge in [-0.05, 0) is 81.2 Å². The van der Waals surface area contributed by atoms with Gasteiger partial charge in [-0.1, -0.05) is 36.4 Å². The van der Waals surface area contributed by atoms with Gasteiger partial charge in [0.25, 0.3) is 5.91 Å². The van der Waals surface area contributed by atoms with E-state index in [1.54, 1.807) is 4.90 Å². The van der Waals surface area contributed by atoms with Gasteiger partial charge in [0, 0.05) is 31.7 Å². The lowest BCUT2D eigenvalue weighted by Gasteiger charge is -2.39. The summed E-state index contributed by atoms with van der Waals surface area (Å²) in [4.78, 5) is 29.3. The number of ether oxygens (including phenoxy) is 2. The Kier molecular flexibility index (Phi) is 6.34. The highest BCUT2D eigenvalue weighted by Crippen LogP contribution is 2.44. The third kappa shape index (κ3) is 4.94. The van der Waals surface area contributed by atoms with Crippen molar-refractivity contribution in [2.75, 3.05) is 26.2 Å². The Morgan fingerprint density at radius 3 is 2.23 bits per heavy atom. The lowest BCUT2D eigenvalue weighted by Crippen LogP contribution is -2.45. The maximum atomic E-state index is 13.2. The van der Waals surface area contributed by atoms with Crippen LogP contribution in [0, 0.1) is 0 Å². The van der Waals surface area contributed by atoms with Crippen molar-refractivity contribution in [3.8, 4) is 0 Å². The summed E-state index contributed by atoms with van der Waals surface area (Å²) in [6.45, 7) is 9.15. The van der Waals surface area contributed by atoms with E-state index in [1.165, 1.54) is 16.7 Å². The number of nitrogens with zero attached hydrogens (tertiary/aromatic N) is 2. The number of fused-ring (bicyclic) bond motifs is 2. The van der Waals surface area contributed by atoms with Crippen LogP contribution >= 0.6 is 0 Å². The second-order valence-electron chi connectivity index (χ2n) is 11.1. The number of hydrogen-bond donors (Lipinski definition) is 0. The largest absolute Gasteiger partial charge is 0.444 e. The number of carbonyl (C=O) groups is 2. The van der Waals surface area contributed by atoms with Crippen LogP contribution in [0.1, 0.15) is 79.4 Å². The number of piperidine rings is 2. The van der Waals surface area contributed by atoms with E-state index in [2.05, 4.69) is 36.4 Å². The van der Waals surface area contributed by atoms with Crippen molar-refractivity contribution in [3.63, 3.8) is 0 Å². The molecular weight excluding hydrogens is 440 g/mol. The maximum Gasteiger partial charge on any atom is 0.410 e. The van der Waals surface area contributed by atoms with Crippen LogP contribution in [0.4, 0.5) is 4.79 Å². The predicted molar refractivity (Wildman–Crippen MR) is 134 cm³/mol. The lowest BCUT2D eigenvalue weighted by molar-refractivity contribution is -0.0741.